The van der Waals surface area contributed by atoms with E-state index in [9.17, 15) is 4.79 Å². The van der Waals surface area contributed by atoms with E-state index in [-0.39, 0.29) is 0 Å². The first-order valence-electron chi connectivity index (χ1n) is 6.67. The lowest BCUT2D eigenvalue weighted by Crippen LogP contribution is -2.30. The predicted molar refractivity (Wildman–Crippen MR) is 69.3 cm³/mol. The lowest BCUT2D eigenvalue weighted by atomic mass is 9.88. The van der Waals surface area contributed by atoms with Crippen molar-refractivity contribution < 1.29 is 4.79 Å². The molecule has 0 aromatic heterocycles. The van der Waals surface area contributed by atoms with Crippen LogP contribution in [0.3, 0.4) is 0 Å². The van der Waals surface area contributed by atoms with Gasteiger partial charge >= 0.3 is 0 Å². The zero-order valence-corrected chi connectivity index (χ0v) is 10.2. The summed E-state index contributed by atoms with van der Waals surface area (Å²) >= 11 is 0. The summed E-state index contributed by atoms with van der Waals surface area (Å²) in [5.74, 6) is 1.18. The lowest BCUT2D eigenvalue weighted by Gasteiger charge is -2.28. The summed E-state index contributed by atoms with van der Waals surface area (Å²) in [7, 11) is 0. The van der Waals surface area contributed by atoms with Gasteiger partial charge in [0.15, 0.2) is 0 Å². The van der Waals surface area contributed by atoms with E-state index in [1.165, 1.54) is 17.7 Å². The summed E-state index contributed by atoms with van der Waals surface area (Å²) in [6.07, 6.45) is 4.98. The number of nitrogens with zero attached hydrogens (tertiary/aromatic N) is 1. The van der Waals surface area contributed by atoms with Crippen LogP contribution in [0, 0.1) is 5.92 Å². The summed E-state index contributed by atoms with van der Waals surface area (Å²) in [4.78, 5) is 13.7. The number of para-hydroxylation sites is 1. The van der Waals surface area contributed by atoms with Crippen LogP contribution in [-0.4, -0.2) is 18.9 Å². The molecule has 1 aliphatic heterocycles. The third-order valence-corrected chi connectivity index (χ3v) is 4.12. The Labute approximate surface area is 103 Å². The molecule has 0 spiro atoms. The van der Waals surface area contributed by atoms with Crippen molar-refractivity contribution in [3.63, 3.8) is 0 Å². The van der Waals surface area contributed by atoms with E-state index < -0.39 is 0 Å². The summed E-state index contributed by atoms with van der Waals surface area (Å²) in [5, 5.41) is 0. The van der Waals surface area contributed by atoms with E-state index in [0.717, 1.165) is 44.7 Å². The van der Waals surface area contributed by atoms with Crippen LogP contribution in [-0.2, 0) is 11.2 Å². The van der Waals surface area contributed by atoms with E-state index >= 15 is 0 Å². The SMILES string of the molecule is O=C1CCC(CN2CCc3ccccc32)CC1. The molecule has 0 bridgehead atoms. The van der Waals surface area contributed by atoms with Crippen molar-refractivity contribution in [1.29, 1.82) is 0 Å². The fourth-order valence-electron chi connectivity index (χ4n) is 3.09. The molecule has 1 saturated carbocycles. The van der Waals surface area contributed by atoms with Gasteiger partial charge in [-0.15, -0.1) is 0 Å². The number of hydrogen-bond acceptors (Lipinski definition) is 2. The summed E-state index contributed by atoms with van der Waals surface area (Å²) < 4.78 is 0. The topological polar surface area (TPSA) is 20.3 Å². The Morgan fingerprint density at radius 3 is 2.71 bits per heavy atom. The second-order valence-electron chi connectivity index (χ2n) is 5.31. The molecular formula is C15H19NO. The highest BCUT2D eigenvalue weighted by atomic mass is 16.1. The van der Waals surface area contributed by atoms with Crippen molar-refractivity contribution in [3.8, 4) is 0 Å². The molecule has 1 heterocycles. The van der Waals surface area contributed by atoms with E-state index in [1.54, 1.807) is 0 Å². The van der Waals surface area contributed by atoms with Gasteiger partial charge < -0.3 is 4.90 Å². The Bertz CT molecular complexity index is 417. The molecule has 1 aromatic carbocycles. The van der Waals surface area contributed by atoms with Crippen molar-refractivity contribution in [3.05, 3.63) is 29.8 Å². The van der Waals surface area contributed by atoms with E-state index in [1.807, 2.05) is 0 Å². The fraction of sp³-hybridized carbons (Fsp3) is 0.533. The number of Topliss-reactive ketones (excluding diaryl/α,β-unsaturated/α-hetero) is 1. The summed E-state index contributed by atoms with van der Waals surface area (Å²) in [6, 6.07) is 8.72. The van der Waals surface area contributed by atoms with Gasteiger partial charge in [0.05, 0.1) is 0 Å². The van der Waals surface area contributed by atoms with Gasteiger partial charge in [0.25, 0.3) is 0 Å². The van der Waals surface area contributed by atoms with E-state index in [2.05, 4.69) is 29.2 Å². The van der Waals surface area contributed by atoms with Crippen LogP contribution in [0.25, 0.3) is 0 Å². The molecule has 3 rings (SSSR count). The van der Waals surface area contributed by atoms with Crippen LogP contribution in [0.15, 0.2) is 24.3 Å². The van der Waals surface area contributed by atoms with Gasteiger partial charge in [-0.25, -0.2) is 0 Å². The highest BCUT2D eigenvalue weighted by molar-refractivity contribution is 5.79. The van der Waals surface area contributed by atoms with E-state index in [0.29, 0.717) is 5.78 Å². The molecule has 0 radical (unpaired) electrons. The van der Waals surface area contributed by atoms with Crippen molar-refractivity contribution in [2.45, 2.75) is 32.1 Å². The first-order valence-corrected chi connectivity index (χ1v) is 6.67. The molecule has 90 valence electrons. The van der Waals surface area contributed by atoms with Gasteiger partial charge in [0, 0.05) is 31.6 Å². The number of hydrogen-bond donors (Lipinski definition) is 0. The van der Waals surface area contributed by atoms with Crippen LogP contribution < -0.4 is 4.90 Å². The van der Waals surface area contributed by atoms with Crippen molar-refractivity contribution >= 4 is 11.5 Å². The minimum atomic E-state index is 0.461. The molecule has 0 amide bonds. The van der Waals surface area contributed by atoms with E-state index in [4.69, 9.17) is 0 Å². The molecule has 1 fully saturated rings. The average molecular weight is 229 g/mol. The zero-order chi connectivity index (χ0) is 11.7. The first-order chi connectivity index (χ1) is 8.33. The Kier molecular flexibility index (Phi) is 2.87. The quantitative estimate of drug-likeness (QED) is 0.777. The number of carbonyl (C=O) groups excluding carboxylic acids is 1. The molecule has 0 saturated heterocycles. The third-order valence-electron chi connectivity index (χ3n) is 4.12. The van der Waals surface area contributed by atoms with Gasteiger partial charge in [-0.3, -0.25) is 4.79 Å². The summed E-state index contributed by atoms with van der Waals surface area (Å²) in [6.45, 7) is 2.30. The second kappa shape index (κ2) is 4.52. The maximum atomic E-state index is 11.2. The molecular weight excluding hydrogens is 210 g/mol. The Morgan fingerprint density at radius 2 is 1.88 bits per heavy atom. The normalized spacial score (nSPS) is 20.7. The Hall–Kier alpha value is -1.31. The molecule has 2 aliphatic rings. The molecule has 1 aliphatic carbocycles. The highest BCUT2D eigenvalue weighted by Crippen LogP contribution is 2.30. The third kappa shape index (κ3) is 2.21. The number of ketones is 1. The lowest BCUT2D eigenvalue weighted by molar-refractivity contribution is -0.120. The van der Waals surface area contributed by atoms with Crippen molar-refractivity contribution in [1.82, 2.24) is 0 Å². The minimum absolute atomic E-state index is 0.461. The first kappa shape index (κ1) is 10.8. The molecule has 2 nitrogen and oxygen atoms in total. The van der Waals surface area contributed by atoms with Crippen LogP contribution >= 0.6 is 0 Å². The Balaban J connectivity index is 1.65. The summed E-state index contributed by atoms with van der Waals surface area (Å²) in [5.41, 5.74) is 2.91. The monoisotopic (exact) mass is 229 g/mol. The van der Waals surface area contributed by atoms with Gasteiger partial charge in [0.1, 0.15) is 5.78 Å². The number of benzene rings is 1. The van der Waals surface area contributed by atoms with Gasteiger partial charge in [-0.1, -0.05) is 18.2 Å². The van der Waals surface area contributed by atoms with Crippen LogP contribution in [0.1, 0.15) is 31.2 Å². The number of fused-ring (bicyclic) bond motifs is 1. The predicted octanol–water partition coefficient (Wildman–Crippen LogP) is 2.81. The smallest absolute Gasteiger partial charge is 0.132 e. The van der Waals surface area contributed by atoms with Crippen LogP contribution in [0.2, 0.25) is 0 Å². The van der Waals surface area contributed by atoms with Crippen LogP contribution in [0.5, 0.6) is 0 Å². The maximum Gasteiger partial charge on any atom is 0.132 e. The molecule has 17 heavy (non-hydrogen) atoms. The molecule has 0 N–H and O–H groups in total. The average Bonchev–Trinajstić information content (AvgIpc) is 2.76. The highest BCUT2D eigenvalue weighted by Gasteiger charge is 2.24. The number of rotatable bonds is 2. The molecule has 0 unspecified atom stereocenters. The van der Waals surface area contributed by atoms with Crippen LogP contribution in [0.4, 0.5) is 5.69 Å². The zero-order valence-electron chi connectivity index (χ0n) is 10.2. The maximum absolute atomic E-state index is 11.2. The minimum Gasteiger partial charge on any atom is -0.371 e. The number of carbonyl (C=O) groups is 1. The largest absolute Gasteiger partial charge is 0.371 e. The Morgan fingerprint density at radius 1 is 1.12 bits per heavy atom. The number of anilines is 1. The van der Waals surface area contributed by atoms with Gasteiger partial charge in [0.2, 0.25) is 0 Å². The van der Waals surface area contributed by atoms with Gasteiger partial charge in [-0.05, 0) is 36.8 Å². The molecule has 1 aromatic rings. The van der Waals surface area contributed by atoms with Gasteiger partial charge in [-0.2, -0.15) is 0 Å². The van der Waals surface area contributed by atoms with Crippen molar-refractivity contribution in [2.24, 2.45) is 5.92 Å². The molecule has 0 atom stereocenters. The fourth-order valence-corrected chi connectivity index (χ4v) is 3.09. The second-order valence-corrected chi connectivity index (χ2v) is 5.31. The molecule has 2 heteroatoms. The van der Waals surface area contributed by atoms with Crippen molar-refractivity contribution in [2.75, 3.05) is 18.0 Å². The standard InChI is InChI=1S/C15H19NO/c17-14-7-5-12(6-8-14)11-16-10-9-13-3-1-2-4-15(13)16/h1-4,12H,5-11H2.